The lowest BCUT2D eigenvalue weighted by Crippen LogP contribution is -2.35. The predicted octanol–water partition coefficient (Wildman–Crippen LogP) is 1.25. The predicted molar refractivity (Wildman–Crippen MR) is 88.4 cm³/mol. The number of aromatic nitrogens is 1. The number of esters is 1. The fourth-order valence-corrected chi connectivity index (χ4v) is 2.28. The number of aromatic amines is 1. The molecule has 1 heterocycles. The number of ether oxygens (including phenoxy) is 1. The van der Waals surface area contributed by atoms with Crippen LogP contribution < -0.4 is 10.9 Å². The Morgan fingerprint density at radius 2 is 2.04 bits per heavy atom. The van der Waals surface area contributed by atoms with Crippen LogP contribution in [-0.2, 0) is 20.7 Å². The molecule has 1 aromatic heterocycles. The second-order valence-electron chi connectivity index (χ2n) is 5.71. The maximum atomic E-state index is 11.8. The molecule has 1 aromatic rings. The van der Waals surface area contributed by atoms with Gasteiger partial charge in [0.15, 0.2) is 6.61 Å². The molecule has 0 spiro atoms. The van der Waals surface area contributed by atoms with Crippen LogP contribution in [0.4, 0.5) is 0 Å². The molecule has 1 rings (SSSR count). The van der Waals surface area contributed by atoms with Gasteiger partial charge < -0.3 is 15.0 Å². The summed E-state index contributed by atoms with van der Waals surface area (Å²) in [5, 5.41) is 11.7. The van der Waals surface area contributed by atoms with Gasteiger partial charge in [0.25, 0.3) is 11.5 Å². The Bertz CT molecular complexity index is 716. The van der Waals surface area contributed by atoms with E-state index < -0.39 is 11.5 Å². The second kappa shape index (κ2) is 8.87. The minimum Gasteiger partial charge on any atom is -0.456 e. The summed E-state index contributed by atoms with van der Waals surface area (Å²) in [5.41, 5.74) is 1.56. The van der Waals surface area contributed by atoms with Gasteiger partial charge in [0.05, 0.1) is 0 Å². The SMILES string of the molecule is CC[C@@H](C)NC(=O)COC(=O)CCc1c(C)[nH]c(=O)c(C#N)c1C. The Kier molecular flexibility index (Phi) is 7.18. The van der Waals surface area contributed by atoms with E-state index in [2.05, 4.69) is 10.3 Å². The third kappa shape index (κ3) is 5.23. The van der Waals surface area contributed by atoms with Crippen LogP contribution in [0, 0.1) is 25.2 Å². The van der Waals surface area contributed by atoms with Crippen LogP contribution in [0.2, 0.25) is 0 Å². The van der Waals surface area contributed by atoms with Gasteiger partial charge in [-0.15, -0.1) is 0 Å². The first kappa shape index (κ1) is 19.4. The second-order valence-corrected chi connectivity index (χ2v) is 5.71. The number of amides is 1. The highest BCUT2D eigenvalue weighted by molar-refractivity contribution is 5.80. The number of pyridine rings is 1. The lowest BCUT2D eigenvalue weighted by atomic mass is 9.99. The number of nitrogens with zero attached hydrogens (tertiary/aromatic N) is 1. The van der Waals surface area contributed by atoms with Crippen LogP contribution in [0.3, 0.4) is 0 Å². The number of hydrogen-bond acceptors (Lipinski definition) is 5. The van der Waals surface area contributed by atoms with Crippen molar-refractivity contribution in [1.29, 1.82) is 5.26 Å². The third-order valence-corrected chi connectivity index (χ3v) is 3.88. The molecule has 2 N–H and O–H groups in total. The van der Waals surface area contributed by atoms with Crippen molar-refractivity contribution in [1.82, 2.24) is 10.3 Å². The van der Waals surface area contributed by atoms with Crippen LogP contribution in [-0.4, -0.2) is 29.5 Å². The zero-order valence-electron chi connectivity index (χ0n) is 14.5. The van der Waals surface area contributed by atoms with Crippen molar-refractivity contribution < 1.29 is 14.3 Å². The van der Waals surface area contributed by atoms with Crippen molar-refractivity contribution in [3.05, 3.63) is 32.7 Å². The molecule has 0 radical (unpaired) electrons. The average Bonchev–Trinajstić information content (AvgIpc) is 2.52. The van der Waals surface area contributed by atoms with E-state index in [1.165, 1.54) is 0 Å². The topological polar surface area (TPSA) is 112 Å². The average molecular weight is 333 g/mol. The highest BCUT2D eigenvalue weighted by Crippen LogP contribution is 2.15. The van der Waals surface area contributed by atoms with Crippen LogP contribution in [0.25, 0.3) is 0 Å². The van der Waals surface area contributed by atoms with Crippen molar-refractivity contribution >= 4 is 11.9 Å². The van der Waals surface area contributed by atoms with E-state index in [4.69, 9.17) is 10.00 Å². The lowest BCUT2D eigenvalue weighted by Gasteiger charge is -2.12. The summed E-state index contributed by atoms with van der Waals surface area (Å²) in [4.78, 5) is 37.6. The Labute approximate surface area is 141 Å². The number of rotatable bonds is 7. The summed E-state index contributed by atoms with van der Waals surface area (Å²) < 4.78 is 4.94. The molecule has 0 unspecified atom stereocenters. The fraction of sp³-hybridized carbons (Fsp3) is 0.529. The number of aryl methyl sites for hydroxylation is 1. The summed E-state index contributed by atoms with van der Waals surface area (Å²) >= 11 is 0. The first-order valence-electron chi connectivity index (χ1n) is 7.87. The van der Waals surface area contributed by atoms with Crippen LogP contribution in [0.15, 0.2) is 4.79 Å². The molecular weight excluding hydrogens is 310 g/mol. The molecule has 0 aliphatic heterocycles. The number of carbonyl (C=O) groups is 2. The highest BCUT2D eigenvalue weighted by Gasteiger charge is 2.14. The Morgan fingerprint density at radius 1 is 1.38 bits per heavy atom. The van der Waals surface area contributed by atoms with Crippen molar-refractivity contribution in [2.45, 2.75) is 53.0 Å². The third-order valence-electron chi connectivity index (χ3n) is 3.88. The fourth-order valence-electron chi connectivity index (χ4n) is 2.28. The number of carbonyl (C=O) groups excluding carboxylic acids is 2. The van der Waals surface area contributed by atoms with Gasteiger partial charge in [0.2, 0.25) is 0 Å². The number of hydrogen-bond donors (Lipinski definition) is 2. The van der Waals surface area contributed by atoms with Crippen molar-refractivity contribution in [3.8, 4) is 6.07 Å². The smallest absolute Gasteiger partial charge is 0.306 e. The van der Waals surface area contributed by atoms with Gasteiger partial charge in [-0.3, -0.25) is 14.4 Å². The maximum absolute atomic E-state index is 11.8. The van der Waals surface area contributed by atoms with Crippen LogP contribution in [0.5, 0.6) is 0 Å². The number of H-pyrrole nitrogens is 1. The molecule has 0 saturated heterocycles. The molecule has 0 aromatic carbocycles. The van der Waals surface area contributed by atoms with E-state index in [1.54, 1.807) is 13.8 Å². The molecule has 1 amide bonds. The minimum atomic E-state index is -0.502. The Hall–Kier alpha value is -2.62. The zero-order chi connectivity index (χ0) is 18.3. The molecule has 0 bridgehead atoms. The van der Waals surface area contributed by atoms with Crippen molar-refractivity contribution in [2.75, 3.05) is 6.61 Å². The van der Waals surface area contributed by atoms with Crippen molar-refractivity contribution in [2.24, 2.45) is 0 Å². The summed E-state index contributed by atoms with van der Waals surface area (Å²) in [7, 11) is 0. The zero-order valence-corrected chi connectivity index (χ0v) is 14.5. The minimum absolute atomic E-state index is 0.0343. The van der Waals surface area contributed by atoms with Gasteiger partial charge in [0, 0.05) is 18.2 Å². The molecule has 0 aliphatic carbocycles. The number of nitriles is 1. The van der Waals surface area contributed by atoms with Crippen molar-refractivity contribution in [3.63, 3.8) is 0 Å². The first-order chi connectivity index (χ1) is 11.3. The molecule has 1 atom stereocenters. The van der Waals surface area contributed by atoms with E-state index in [1.807, 2.05) is 19.9 Å². The Morgan fingerprint density at radius 3 is 2.62 bits per heavy atom. The lowest BCUT2D eigenvalue weighted by molar-refractivity contribution is -0.148. The van der Waals surface area contributed by atoms with Gasteiger partial charge >= 0.3 is 5.97 Å². The quantitative estimate of drug-likeness (QED) is 0.729. The molecular formula is C17H23N3O4. The normalized spacial score (nSPS) is 11.5. The molecule has 7 heteroatoms. The maximum Gasteiger partial charge on any atom is 0.306 e. The summed E-state index contributed by atoms with van der Waals surface area (Å²) in [6.07, 6.45) is 1.19. The summed E-state index contributed by atoms with van der Waals surface area (Å²) in [6.45, 7) is 6.91. The van der Waals surface area contributed by atoms with E-state index in [0.717, 1.165) is 12.0 Å². The van der Waals surface area contributed by atoms with E-state index in [9.17, 15) is 14.4 Å². The molecule has 24 heavy (non-hydrogen) atoms. The number of nitrogens with one attached hydrogen (secondary N) is 2. The Balaban J connectivity index is 2.61. The van der Waals surface area contributed by atoms with E-state index >= 15 is 0 Å². The largest absolute Gasteiger partial charge is 0.456 e. The molecule has 0 fully saturated rings. The van der Waals surface area contributed by atoms with E-state index in [0.29, 0.717) is 17.7 Å². The molecule has 0 aliphatic rings. The highest BCUT2D eigenvalue weighted by atomic mass is 16.5. The van der Waals surface area contributed by atoms with Gasteiger partial charge in [-0.05, 0) is 44.7 Å². The van der Waals surface area contributed by atoms with Gasteiger partial charge in [-0.2, -0.15) is 5.26 Å². The van der Waals surface area contributed by atoms with Gasteiger partial charge in [-0.25, -0.2) is 0 Å². The molecule has 7 nitrogen and oxygen atoms in total. The van der Waals surface area contributed by atoms with Gasteiger partial charge in [0.1, 0.15) is 11.6 Å². The molecule has 130 valence electrons. The van der Waals surface area contributed by atoms with Crippen LogP contribution in [0.1, 0.15) is 49.1 Å². The summed E-state index contributed by atoms with van der Waals surface area (Å²) in [6, 6.07) is 1.90. The monoisotopic (exact) mass is 333 g/mol. The van der Waals surface area contributed by atoms with Crippen LogP contribution >= 0.6 is 0 Å². The van der Waals surface area contributed by atoms with Gasteiger partial charge in [-0.1, -0.05) is 6.92 Å². The van der Waals surface area contributed by atoms with E-state index in [-0.39, 0.29) is 30.5 Å². The standard InChI is InChI=1S/C17H23N3O4/c1-5-10(2)19-15(21)9-24-16(22)7-6-13-11(3)14(8-18)17(23)20-12(13)4/h10H,5-7,9H2,1-4H3,(H,19,21)(H,20,23)/t10-/m1/s1. The first-order valence-corrected chi connectivity index (χ1v) is 7.87. The summed E-state index contributed by atoms with van der Waals surface area (Å²) in [5.74, 6) is -0.835. The molecule has 0 saturated carbocycles.